The van der Waals surface area contributed by atoms with E-state index in [4.69, 9.17) is 4.74 Å². The molecule has 142 valence electrons. The highest BCUT2D eigenvalue weighted by Crippen LogP contribution is 2.35. The third-order valence-corrected chi connectivity index (χ3v) is 4.13. The number of carbonyl (C=O) groups is 1. The standard InChI is InChI=1S/C21H24N2O4/c1-13(2)18-7-6-8-19(14(3)4)21(18)22-12-16-11-17(23(25)26)9-10-20(16)27-15(5)24/h6-14H,1-5H3. The lowest BCUT2D eigenvalue weighted by molar-refractivity contribution is -0.384. The SMILES string of the molecule is CC(=O)Oc1ccc([N+](=O)[O-])cc1C=Nc1c(C(C)C)cccc1C(C)C. The molecule has 27 heavy (non-hydrogen) atoms. The van der Waals surface area contributed by atoms with E-state index in [9.17, 15) is 14.9 Å². The maximum absolute atomic E-state index is 11.3. The number of esters is 1. The fourth-order valence-electron chi connectivity index (χ4n) is 2.79. The van der Waals surface area contributed by atoms with Crippen molar-refractivity contribution < 1.29 is 14.5 Å². The molecule has 0 fully saturated rings. The van der Waals surface area contributed by atoms with Gasteiger partial charge in [0.25, 0.3) is 5.69 Å². The molecule has 2 rings (SSSR count). The van der Waals surface area contributed by atoms with Gasteiger partial charge in [-0.15, -0.1) is 0 Å². The molecule has 0 N–H and O–H groups in total. The summed E-state index contributed by atoms with van der Waals surface area (Å²) >= 11 is 0. The maximum Gasteiger partial charge on any atom is 0.308 e. The topological polar surface area (TPSA) is 81.8 Å². The van der Waals surface area contributed by atoms with Crippen molar-refractivity contribution in [3.8, 4) is 5.75 Å². The Labute approximate surface area is 159 Å². The van der Waals surface area contributed by atoms with Crippen LogP contribution in [0.5, 0.6) is 5.75 Å². The molecule has 0 radical (unpaired) electrons. The highest BCUT2D eigenvalue weighted by molar-refractivity contribution is 5.88. The number of benzene rings is 2. The van der Waals surface area contributed by atoms with Gasteiger partial charge in [-0.3, -0.25) is 19.9 Å². The number of hydrogen-bond donors (Lipinski definition) is 0. The number of nitrogens with zero attached hydrogens (tertiary/aromatic N) is 2. The van der Waals surface area contributed by atoms with Crippen molar-refractivity contribution in [2.24, 2.45) is 4.99 Å². The van der Waals surface area contributed by atoms with Crippen LogP contribution in [0, 0.1) is 10.1 Å². The van der Waals surface area contributed by atoms with E-state index < -0.39 is 10.9 Å². The summed E-state index contributed by atoms with van der Waals surface area (Å²) in [5.74, 6) is 0.289. The number of nitro groups is 1. The summed E-state index contributed by atoms with van der Waals surface area (Å²) in [6, 6.07) is 10.2. The number of carbonyl (C=O) groups excluding carboxylic acids is 1. The molecular weight excluding hydrogens is 344 g/mol. The molecule has 0 saturated heterocycles. The van der Waals surface area contributed by atoms with E-state index in [1.54, 1.807) is 0 Å². The van der Waals surface area contributed by atoms with Crippen molar-refractivity contribution in [2.45, 2.75) is 46.5 Å². The van der Waals surface area contributed by atoms with Crippen LogP contribution in [-0.2, 0) is 4.79 Å². The van der Waals surface area contributed by atoms with Gasteiger partial charge < -0.3 is 4.74 Å². The summed E-state index contributed by atoms with van der Waals surface area (Å²) in [6.07, 6.45) is 1.53. The van der Waals surface area contributed by atoms with E-state index in [2.05, 4.69) is 32.7 Å². The number of non-ortho nitro benzene ring substituents is 1. The molecule has 0 atom stereocenters. The third-order valence-electron chi connectivity index (χ3n) is 4.13. The minimum Gasteiger partial charge on any atom is -0.426 e. The number of aliphatic imine (C=N–C) groups is 1. The molecule has 0 aromatic heterocycles. The Morgan fingerprint density at radius 1 is 1.11 bits per heavy atom. The van der Waals surface area contributed by atoms with Crippen LogP contribution in [0.1, 0.15) is 63.1 Å². The van der Waals surface area contributed by atoms with Gasteiger partial charge >= 0.3 is 5.97 Å². The molecule has 0 aliphatic rings. The zero-order chi connectivity index (χ0) is 20.1. The van der Waals surface area contributed by atoms with Crippen molar-refractivity contribution in [3.05, 3.63) is 63.2 Å². The lowest BCUT2D eigenvalue weighted by atomic mass is 9.93. The molecule has 0 unspecified atom stereocenters. The predicted octanol–water partition coefficient (Wildman–Crippen LogP) is 5.52. The number of ether oxygens (including phenoxy) is 1. The molecule has 6 heteroatoms. The van der Waals surface area contributed by atoms with E-state index in [-0.39, 0.29) is 23.3 Å². The first-order chi connectivity index (χ1) is 12.7. The summed E-state index contributed by atoms with van der Waals surface area (Å²) in [4.78, 5) is 26.6. The largest absolute Gasteiger partial charge is 0.426 e. The number of para-hydroxylation sites is 1. The molecule has 0 aliphatic carbocycles. The van der Waals surface area contributed by atoms with Crippen LogP contribution in [-0.4, -0.2) is 17.1 Å². The van der Waals surface area contributed by atoms with Crippen LogP contribution in [0.3, 0.4) is 0 Å². The summed E-state index contributed by atoms with van der Waals surface area (Å²) in [6.45, 7) is 9.66. The van der Waals surface area contributed by atoms with Gasteiger partial charge in [0.15, 0.2) is 0 Å². The third kappa shape index (κ3) is 5.00. The van der Waals surface area contributed by atoms with Crippen LogP contribution in [0.4, 0.5) is 11.4 Å². The summed E-state index contributed by atoms with van der Waals surface area (Å²) < 4.78 is 5.17. The van der Waals surface area contributed by atoms with Crippen LogP contribution >= 0.6 is 0 Å². The normalized spacial score (nSPS) is 11.4. The van der Waals surface area contributed by atoms with Gasteiger partial charge in [-0.2, -0.15) is 0 Å². The lowest BCUT2D eigenvalue weighted by Gasteiger charge is -2.16. The number of nitro benzene ring substituents is 1. The van der Waals surface area contributed by atoms with E-state index in [0.29, 0.717) is 5.56 Å². The Kier molecular flexibility index (Phi) is 6.45. The Morgan fingerprint density at radius 3 is 2.19 bits per heavy atom. The minimum atomic E-state index is -0.496. The molecule has 2 aromatic rings. The van der Waals surface area contributed by atoms with E-state index in [0.717, 1.165) is 16.8 Å². The van der Waals surface area contributed by atoms with Gasteiger partial charge in [-0.1, -0.05) is 45.9 Å². The highest BCUT2D eigenvalue weighted by atomic mass is 16.6. The molecule has 0 aliphatic heterocycles. The van der Waals surface area contributed by atoms with Crippen molar-refractivity contribution in [3.63, 3.8) is 0 Å². The van der Waals surface area contributed by atoms with Gasteiger partial charge in [0.05, 0.1) is 10.6 Å². The zero-order valence-corrected chi connectivity index (χ0v) is 16.2. The Hall–Kier alpha value is -3.02. The molecule has 0 bridgehead atoms. The summed E-state index contributed by atoms with van der Waals surface area (Å²) in [7, 11) is 0. The second kappa shape index (κ2) is 8.58. The highest BCUT2D eigenvalue weighted by Gasteiger charge is 2.15. The fourth-order valence-corrected chi connectivity index (χ4v) is 2.79. The Morgan fingerprint density at radius 2 is 1.70 bits per heavy atom. The average molecular weight is 368 g/mol. The van der Waals surface area contributed by atoms with Crippen LogP contribution in [0.2, 0.25) is 0 Å². The zero-order valence-electron chi connectivity index (χ0n) is 16.2. The van der Waals surface area contributed by atoms with Crippen molar-refractivity contribution in [2.75, 3.05) is 0 Å². The molecule has 2 aromatic carbocycles. The first-order valence-electron chi connectivity index (χ1n) is 8.84. The minimum absolute atomic E-state index is 0.0893. The number of rotatable bonds is 6. The van der Waals surface area contributed by atoms with E-state index >= 15 is 0 Å². The van der Waals surface area contributed by atoms with Gasteiger partial charge in [-0.25, -0.2) is 0 Å². The number of hydrogen-bond acceptors (Lipinski definition) is 5. The maximum atomic E-state index is 11.3. The lowest BCUT2D eigenvalue weighted by Crippen LogP contribution is -2.04. The van der Waals surface area contributed by atoms with Crippen LogP contribution in [0.15, 0.2) is 41.4 Å². The molecule has 0 spiro atoms. The van der Waals surface area contributed by atoms with Crippen molar-refractivity contribution in [1.82, 2.24) is 0 Å². The quantitative estimate of drug-likeness (QED) is 0.221. The van der Waals surface area contributed by atoms with E-state index in [1.807, 2.05) is 18.2 Å². The van der Waals surface area contributed by atoms with Crippen molar-refractivity contribution in [1.29, 1.82) is 0 Å². The van der Waals surface area contributed by atoms with Gasteiger partial charge in [0.2, 0.25) is 0 Å². The van der Waals surface area contributed by atoms with Gasteiger partial charge in [0, 0.05) is 30.8 Å². The molecule has 0 saturated carbocycles. The Balaban J connectivity index is 2.58. The monoisotopic (exact) mass is 368 g/mol. The first-order valence-corrected chi connectivity index (χ1v) is 8.84. The predicted molar refractivity (Wildman–Crippen MR) is 106 cm³/mol. The molecule has 6 nitrogen and oxygen atoms in total. The summed E-state index contributed by atoms with van der Waals surface area (Å²) in [5.41, 5.74) is 3.33. The smallest absolute Gasteiger partial charge is 0.308 e. The van der Waals surface area contributed by atoms with Crippen LogP contribution < -0.4 is 4.74 Å². The molecular formula is C21H24N2O4. The van der Waals surface area contributed by atoms with E-state index in [1.165, 1.54) is 31.3 Å². The first kappa shape index (κ1) is 20.3. The van der Waals surface area contributed by atoms with Gasteiger partial charge in [0.1, 0.15) is 5.75 Å². The van der Waals surface area contributed by atoms with Crippen molar-refractivity contribution >= 4 is 23.6 Å². The second-order valence-electron chi connectivity index (χ2n) is 6.93. The average Bonchev–Trinajstić information content (AvgIpc) is 2.59. The molecule has 0 heterocycles. The molecule has 0 amide bonds. The Bertz CT molecular complexity index is 859. The second-order valence-corrected chi connectivity index (χ2v) is 6.93. The summed E-state index contributed by atoms with van der Waals surface area (Å²) in [5, 5.41) is 11.1. The van der Waals surface area contributed by atoms with Gasteiger partial charge in [-0.05, 0) is 29.0 Å². The fraction of sp³-hybridized carbons (Fsp3) is 0.333. The van der Waals surface area contributed by atoms with Crippen LogP contribution in [0.25, 0.3) is 0 Å².